The summed E-state index contributed by atoms with van der Waals surface area (Å²) in [6.07, 6.45) is 1.97. The number of ether oxygens (including phenoxy) is 1. The van der Waals surface area contributed by atoms with Gasteiger partial charge in [-0.2, -0.15) is 0 Å². The van der Waals surface area contributed by atoms with E-state index in [0.717, 1.165) is 48.1 Å². The van der Waals surface area contributed by atoms with Crippen molar-refractivity contribution in [3.05, 3.63) is 42.1 Å². The Hall–Kier alpha value is -2.31. The second kappa shape index (κ2) is 5.72. The standard InChI is InChI=1S/C17H20N4O2/c1-12-10-20(7-8-23-12)14-4-5-15-16(9-14)21(22)11-13-3-2-6-18-17(13)19-15/h2-6,9,12,22H,7-8,10-11H2,1H3,(H,18,19). The SMILES string of the molecule is CC1CN(c2ccc3c(c2)N(O)Cc2cccnc2N3)CCO1. The number of anilines is 4. The molecular formula is C17H20N4O2. The van der Waals surface area contributed by atoms with Gasteiger partial charge in [-0.05, 0) is 31.2 Å². The van der Waals surface area contributed by atoms with Crippen molar-refractivity contribution in [2.24, 2.45) is 0 Å². The maximum absolute atomic E-state index is 10.5. The zero-order valence-electron chi connectivity index (χ0n) is 13.1. The molecule has 0 amide bonds. The van der Waals surface area contributed by atoms with Gasteiger partial charge in [0.2, 0.25) is 0 Å². The molecule has 3 heterocycles. The number of rotatable bonds is 1. The number of hydroxylamine groups is 1. The Morgan fingerprint density at radius 2 is 2.26 bits per heavy atom. The zero-order valence-corrected chi connectivity index (χ0v) is 13.1. The second-order valence-corrected chi connectivity index (χ2v) is 6.02. The van der Waals surface area contributed by atoms with Crippen molar-refractivity contribution < 1.29 is 9.94 Å². The van der Waals surface area contributed by atoms with E-state index < -0.39 is 0 Å². The van der Waals surface area contributed by atoms with Gasteiger partial charge in [0.25, 0.3) is 0 Å². The van der Waals surface area contributed by atoms with E-state index in [9.17, 15) is 5.21 Å². The number of hydrogen-bond donors (Lipinski definition) is 2. The topological polar surface area (TPSA) is 60.9 Å². The van der Waals surface area contributed by atoms with Crippen LogP contribution >= 0.6 is 0 Å². The Labute approximate surface area is 135 Å². The van der Waals surface area contributed by atoms with Crippen LogP contribution in [0.5, 0.6) is 0 Å². The fourth-order valence-corrected chi connectivity index (χ4v) is 3.14. The summed E-state index contributed by atoms with van der Waals surface area (Å²) in [7, 11) is 0. The van der Waals surface area contributed by atoms with E-state index in [1.165, 1.54) is 5.06 Å². The monoisotopic (exact) mass is 312 g/mol. The van der Waals surface area contributed by atoms with Crippen LogP contribution in [0.2, 0.25) is 0 Å². The van der Waals surface area contributed by atoms with Crippen LogP contribution in [0, 0.1) is 0 Å². The van der Waals surface area contributed by atoms with Crippen molar-refractivity contribution in [2.75, 3.05) is 35.0 Å². The molecule has 1 aromatic heterocycles. The summed E-state index contributed by atoms with van der Waals surface area (Å²) < 4.78 is 5.60. The number of pyridine rings is 1. The van der Waals surface area contributed by atoms with Crippen LogP contribution in [0.1, 0.15) is 12.5 Å². The number of nitrogens with one attached hydrogen (secondary N) is 1. The van der Waals surface area contributed by atoms with E-state index in [1.807, 2.05) is 24.3 Å². The predicted octanol–water partition coefficient (Wildman–Crippen LogP) is 2.76. The highest BCUT2D eigenvalue weighted by Gasteiger charge is 2.22. The summed E-state index contributed by atoms with van der Waals surface area (Å²) in [5, 5.41) is 15.1. The van der Waals surface area contributed by atoms with Crippen molar-refractivity contribution in [2.45, 2.75) is 19.6 Å². The highest BCUT2D eigenvalue weighted by Crippen LogP contribution is 2.36. The van der Waals surface area contributed by atoms with Crippen LogP contribution in [0.4, 0.5) is 22.9 Å². The molecule has 0 saturated carbocycles. The van der Waals surface area contributed by atoms with Gasteiger partial charge >= 0.3 is 0 Å². The van der Waals surface area contributed by atoms with Crippen LogP contribution in [-0.4, -0.2) is 36.0 Å². The van der Waals surface area contributed by atoms with Crippen LogP contribution < -0.4 is 15.3 Å². The van der Waals surface area contributed by atoms with Crippen LogP contribution in [0.3, 0.4) is 0 Å². The molecule has 0 spiro atoms. The van der Waals surface area contributed by atoms with E-state index in [1.54, 1.807) is 6.20 Å². The minimum atomic E-state index is 0.222. The molecule has 120 valence electrons. The van der Waals surface area contributed by atoms with Crippen molar-refractivity contribution in [1.29, 1.82) is 0 Å². The molecule has 4 rings (SSSR count). The van der Waals surface area contributed by atoms with E-state index in [4.69, 9.17) is 4.74 Å². The number of nitrogens with zero attached hydrogens (tertiary/aromatic N) is 3. The predicted molar refractivity (Wildman–Crippen MR) is 89.6 cm³/mol. The fourth-order valence-electron chi connectivity index (χ4n) is 3.14. The summed E-state index contributed by atoms with van der Waals surface area (Å²) in [6, 6.07) is 9.94. The summed E-state index contributed by atoms with van der Waals surface area (Å²) in [4.78, 5) is 6.65. The highest BCUT2D eigenvalue weighted by atomic mass is 16.5. The summed E-state index contributed by atoms with van der Waals surface area (Å²) in [6.45, 7) is 4.95. The van der Waals surface area contributed by atoms with E-state index >= 15 is 0 Å². The van der Waals surface area contributed by atoms with Crippen molar-refractivity contribution in [3.63, 3.8) is 0 Å². The minimum absolute atomic E-state index is 0.222. The Balaban J connectivity index is 1.68. The molecule has 2 aliphatic heterocycles. The molecule has 2 N–H and O–H groups in total. The fraction of sp³-hybridized carbons (Fsp3) is 0.353. The lowest BCUT2D eigenvalue weighted by Gasteiger charge is -2.33. The van der Waals surface area contributed by atoms with Gasteiger partial charge < -0.3 is 15.0 Å². The third-order valence-corrected chi connectivity index (χ3v) is 4.33. The molecular weight excluding hydrogens is 292 g/mol. The molecule has 23 heavy (non-hydrogen) atoms. The first kappa shape index (κ1) is 14.3. The van der Waals surface area contributed by atoms with Crippen LogP contribution in [0.15, 0.2) is 36.5 Å². The first-order chi connectivity index (χ1) is 11.2. The third-order valence-electron chi connectivity index (χ3n) is 4.33. The number of benzene rings is 1. The summed E-state index contributed by atoms with van der Waals surface area (Å²) in [5.74, 6) is 0.790. The second-order valence-electron chi connectivity index (χ2n) is 6.02. The number of aromatic nitrogens is 1. The molecule has 1 saturated heterocycles. The quantitative estimate of drug-likeness (QED) is 0.844. The lowest BCUT2D eigenvalue weighted by molar-refractivity contribution is 0.0532. The lowest BCUT2D eigenvalue weighted by Crippen LogP contribution is -2.41. The number of hydrogen-bond acceptors (Lipinski definition) is 6. The normalized spacial score (nSPS) is 20.3. The van der Waals surface area contributed by atoms with Gasteiger partial charge in [-0.3, -0.25) is 10.3 Å². The highest BCUT2D eigenvalue weighted by molar-refractivity contribution is 5.80. The zero-order chi connectivity index (χ0) is 15.8. The molecule has 1 fully saturated rings. The van der Waals surface area contributed by atoms with Gasteiger partial charge in [-0.25, -0.2) is 4.98 Å². The molecule has 0 bridgehead atoms. The van der Waals surface area contributed by atoms with Gasteiger partial charge in [0.05, 0.1) is 30.6 Å². The Morgan fingerprint density at radius 3 is 3.13 bits per heavy atom. The molecule has 2 aliphatic rings. The van der Waals surface area contributed by atoms with E-state index in [-0.39, 0.29) is 6.10 Å². The Bertz CT molecular complexity index is 721. The average molecular weight is 312 g/mol. The van der Waals surface area contributed by atoms with Crippen molar-refractivity contribution in [3.8, 4) is 0 Å². The lowest BCUT2D eigenvalue weighted by atomic mass is 10.2. The summed E-state index contributed by atoms with van der Waals surface area (Å²) in [5.41, 5.74) is 3.68. The molecule has 0 aliphatic carbocycles. The molecule has 1 aromatic carbocycles. The molecule has 0 radical (unpaired) electrons. The van der Waals surface area contributed by atoms with Gasteiger partial charge in [-0.15, -0.1) is 0 Å². The van der Waals surface area contributed by atoms with Crippen LogP contribution in [-0.2, 0) is 11.3 Å². The first-order valence-electron chi connectivity index (χ1n) is 7.88. The smallest absolute Gasteiger partial charge is 0.135 e. The van der Waals surface area contributed by atoms with Crippen molar-refractivity contribution >= 4 is 22.9 Å². The number of morpholine rings is 1. The Kier molecular flexibility index (Phi) is 3.55. The van der Waals surface area contributed by atoms with Gasteiger partial charge in [0.15, 0.2) is 0 Å². The Morgan fingerprint density at radius 1 is 1.35 bits per heavy atom. The molecule has 6 heteroatoms. The largest absolute Gasteiger partial charge is 0.375 e. The molecule has 1 unspecified atom stereocenters. The van der Waals surface area contributed by atoms with E-state index in [2.05, 4.69) is 28.2 Å². The number of fused-ring (bicyclic) bond motifs is 2. The van der Waals surface area contributed by atoms with Crippen LogP contribution in [0.25, 0.3) is 0 Å². The minimum Gasteiger partial charge on any atom is -0.375 e. The van der Waals surface area contributed by atoms with Gasteiger partial charge in [0.1, 0.15) is 5.82 Å². The third kappa shape index (κ3) is 2.71. The van der Waals surface area contributed by atoms with Crippen molar-refractivity contribution in [1.82, 2.24) is 4.98 Å². The molecule has 2 aromatic rings. The molecule has 6 nitrogen and oxygen atoms in total. The molecule has 1 atom stereocenters. The summed E-state index contributed by atoms with van der Waals surface area (Å²) >= 11 is 0. The van der Waals surface area contributed by atoms with E-state index in [0.29, 0.717) is 6.54 Å². The maximum Gasteiger partial charge on any atom is 0.135 e. The maximum atomic E-state index is 10.5. The van der Waals surface area contributed by atoms with Gasteiger partial charge in [0, 0.05) is 30.5 Å². The van der Waals surface area contributed by atoms with Gasteiger partial charge in [-0.1, -0.05) is 6.07 Å². The average Bonchev–Trinajstić information content (AvgIpc) is 2.70. The first-order valence-corrected chi connectivity index (χ1v) is 7.88.